The first kappa shape index (κ1) is 17.8. The van der Waals surface area contributed by atoms with Gasteiger partial charge in [-0.1, -0.05) is 30.3 Å². The van der Waals surface area contributed by atoms with Gasteiger partial charge in [-0.2, -0.15) is 0 Å². The van der Waals surface area contributed by atoms with Crippen LogP contribution in [-0.4, -0.2) is 41.5 Å². The van der Waals surface area contributed by atoms with Crippen molar-refractivity contribution in [2.24, 2.45) is 5.92 Å². The van der Waals surface area contributed by atoms with Gasteiger partial charge in [0.1, 0.15) is 13.2 Å². The SMILES string of the molecule is O=C(CNC(=O)C1CCCN(c2ncccn2)C1)OCc1ccccc1. The average molecular weight is 354 g/mol. The summed E-state index contributed by atoms with van der Waals surface area (Å²) < 4.78 is 5.17. The number of benzene rings is 1. The molecular weight excluding hydrogens is 332 g/mol. The highest BCUT2D eigenvalue weighted by molar-refractivity contribution is 5.84. The molecule has 3 rings (SSSR count). The highest BCUT2D eigenvalue weighted by atomic mass is 16.5. The van der Waals surface area contributed by atoms with Crippen LogP contribution in [0.15, 0.2) is 48.8 Å². The van der Waals surface area contributed by atoms with Crippen LogP contribution >= 0.6 is 0 Å². The lowest BCUT2D eigenvalue weighted by atomic mass is 9.97. The number of nitrogens with one attached hydrogen (secondary N) is 1. The second-order valence-corrected chi connectivity index (χ2v) is 6.20. The molecule has 1 fully saturated rings. The number of aromatic nitrogens is 2. The van der Waals surface area contributed by atoms with E-state index in [0.29, 0.717) is 12.5 Å². The molecule has 2 aromatic rings. The summed E-state index contributed by atoms with van der Waals surface area (Å²) in [6, 6.07) is 11.2. The van der Waals surface area contributed by atoms with Crippen LogP contribution in [0.4, 0.5) is 5.95 Å². The number of amides is 1. The summed E-state index contributed by atoms with van der Waals surface area (Å²) in [4.78, 5) is 34.7. The zero-order chi connectivity index (χ0) is 18.2. The maximum Gasteiger partial charge on any atom is 0.325 e. The van der Waals surface area contributed by atoms with Gasteiger partial charge in [-0.15, -0.1) is 0 Å². The maximum absolute atomic E-state index is 12.4. The van der Waals surface area contributed by atoms with Crippen molar-refractivity contribution < 1.29 is 14.3 Å². The van der Waals surface area contributed by atoms with Crippen LogP contribution in [0.25, 0.3) is 0 Å². The fourth-order valence-corrected chi connectivity index (χ4v) is 2.92. The average Bonchev–Trinajstić information content (AvgIpc) is 2.72. The molecule has 1 amide bonds. The van der Waals surface area contributed by atoms with E-state index in [1.54, 1.807) is 18.5 Å². The monoisotopic (exact) mass is 354 g/mol. The van der Waals surface area contributed by atoms with E-state index in [1.807, 2.05) is 35.2 Å². The van der Waals surface area contributed by atoms with Crippen LogP contribution in [0.1, 0.15) is 18.4 Å². The molecule has 7 heteroatoms. The van der Waals surface area contributed by atoms with Crippen molar-refractivity contribution in [3.8, 4) is 0 Å². The third kappa shape index (κ3) is 5.02. The van der Waals surface area contributed by atoms with Crippen molar-refractivity contribution in [2.45, 2.75) is 19.4 Å². The summed E-state index contributed by atoms with van der Waals surface area (Å²) in [7, 11) is 0. The van der Waals surface area contributed by atoms with E-state index in [4.69, 9.17) is 4.74 Å². The molecule has 7 nitrogen and oxygen atoms in total. The van der Waals surface area contributed by atoms with E-state index in [1.165, 1.54) is 0 Å². The van der Waals surface area contributed by atoms with Gasteiger partial charge in [0.05, 0.1) is 5.92 Å². The summed E-state index contributed by atoms with van der Waals surface area (Å²) in [5.74, 6) is -0.134. The number of rotatable bonds is 6. The lowest BCUT2D eigenvalue weighted by molar-refractivity contribution is -0.145. The topological polar surface area (TPSA) is 84.4 Å². The Labute approximate surface area is 152 Å². The van der Waals surface area contributed by atoms with Crippen molar-refractivity contribution >= 4 is 17.8 Å². The number of carbonyl (C=O) groups is 2. The molecule has 0 bridgehead atoms. The smallest absolute Gasteiger partial charge is 0.325 e. The lowest BCUT2D eigenvalue weighted by Gasteiger charge is -2.31. The molecular formula is C19H22N4O3. The standard InChI is InChI=1S/C19H22N4O3/c24-17(26-14-15-6-2-1-3-7-15)12-22-18(25)16-8-4-11-23(13-16)19-20-9-5-10-21-19/h1-3,5-7,9-10,16H,4,8,11-14H2,(H,22,25). The third-order valence-electron chi connectivity index (χ3n) is 4.28. The van der Waals surface area contributed by atoms with Gasteiger partial charge in [0.25, 0.3) is 0 Å². The van der Waals surface area contributed by atoms with Gasteiger partial charge >= 0.3 is 5.97 Å². The molecule has 0 spiro atoms. The lowest BCUT2D eigenvalue weighted by Crippen LogP contribution is -2.44. The number of hydrogen-bond acceptors (Lipinski definition) is 6. The molecule has 1 N–H and O–H groups in total. The third-order valence-corrected chi connectivity index (χ3v) is 4.28. The van der Waals surface area contributed by atoms with Crippen LogP contribution in [0, 0.1) is 5.92 Å². The van der Waals surface area contributed by atoms with Gasteiger partial charge in [0, 0.05) is 25.5 Å². The van der Waals surface area contributed by atoms with Gasteiger partial charge in [0.15, 0.2) is 0 Å². The van der Waals surface area contributed by atoms with Gasteiger partial charge < -0.3 is 15.0 Å². The molecule has 0 saturated carbocycles. The van der Waals surface area contributed by atoms with Gasteiger partial charge in [0.2, 0.25) is 11.9 Å². The molecule has 0 aliphatic carbocycles. The predicted octanol–water partition coefficient (Wildman–Crippen LogP) is 1.55. The Hall–Kier alpha value is -2.96. The second kappa shape index (κ2) is 8.94. The number of nitrogens with zero attached hydrogens (tertiary/aromatic N) is 3. The first-order chi connectivity index (χ1) is 12.7. The molecule has 1 aromatic heterocycles. The Morgan fingerprint density at radius 1 is 1.15 bits per heavy atom. The summed E-state index contributed by atoms with van der Waals surface area (Å²) in [6.07, 6.45) is 5.05. The Balaban J connectivity index is 1.43. The van der Waals surface area contributed by atoms with Crippen LogP contribution < -0.4 is 10.2 Å². The molecule has 26 heavy (non-hydrogen) atoms. The summed E-state index contributed by atoms with van der Waals surface area (Å²) in [6.45, 7) is 1.46. The van der Waals surface area contributed by atoms with Crippen LogP contribution in [0.3, 0.4) is 0 Å². The number of esters is 1. The molecule has 1 aliphatic rings. The number of ether oxygens (including phenoxy) is 1. The van der Waals surface area contributed by atoms with Gasteiger partial charge in [-0.25, -0.2) is 9.97 Å². The minimum Gasteiger partial charge on any atom is -0.460 e. The van der Waals surface area contributed by atoms with Crippen molar-refractivity contribution in [1.82, 2.24) is 15.3 Å². The number of carbonyl (C=O) groups excluding carboxylic acids is 2. The van der Waals surface area contributed by atoms with E-state index < -0.39 is 5.97 Å². The van der Waals surface area contributed by atoms with Crippen LogP contribution in [-0.2, 0) is 20.9 Å². The van der Waals surface area contributed by atoms with Gasteiger partial charge in [-0.05, 0) is 24.5 Å². The predicted molar refractivity (Wildman–Crippen MR) is 96.2 cm³/mol. The quantitative estimate of drug-likeness (QED) is 0.793. The first-order valence-corrected chi connectivity index (χ1v) is 8.71. The summed E-state index contributed by atoms with van der Waals surface area (Å²) in [5.41, 5.74) is 0.915. The Morgan fingerprint density at radius 3 is 2.69 bits per heavy atom. The van der Waals surface area contributed by atoms with E-state index in [9.17, 15) is 9.59 Å². The van der Waals surface area contributed by atoms with Crippen LogP contribution in [0.2, 0.25) is 0 Å². The Kier molecular flexibility index (Phi) is 6.14. The minimum absolute atomic E-state index is 0.121. The number of anilines is 1. The first-order valence-electron chi connectivity index (χ1n) is 8.71. The molecule has 1 atom stereocenters. The molecule has 2 heterocycles. The zero-order valence-electron chi connectivity index (χ0n) is 14.5. The van der Waals surface area contributed by atoms with Crippen molar-refractivity contribution in [3.63, 3.8) is 0 Å². The molecule has 136 valence electrons. The summed E-state index contributed by atoms with van der Waals surface area (Å²) >= 11 is 0. The van der Waals surface area contributed by atoms with E-state index in [-0.39, 0.29) is 25.0 Å². The molecule has 1 aromatic carbocycles. The Bertz CT molecular complexity index is 724. The van der Waals surface area contributed by atoms with E-state index in [2.05, 4.69) is 15.3 Å². The molecule has 1 unspecified atom stereocenters. The highest BCUT2D eigenvalue weighted by Crippen LogP contribution is 2.19. The van der Waals surface area contributed by atoms with E-state index >= 15 is 0 Å². The fourth-order valence-electron chi connectivity index (χ4n) is 2.92. The number of piperidine rings is 1. The zero-order valence-corrected chi connectivity index (χ0v) is 14.5. The van der Waals surface area contributed by atoms with E-state index in [0.717, 1.165) is 24.9 Å². The van der Waals surface area contributed by atoms with Crippen molar-refractivity contribution in [1.29, 1.82) is 0 Å². The maximum atomic E-state index is 12.4. The number of hydrogen-bond donors (Lipinski definition) is 1. The van der Waals surface area contributed by atoms with Gasteiger partial charge in [-0.3, -0.25) is 9.59 Å². The van der Waals surface area contributed by atoms with Crippen LogP contribution in [0.5, 0.6) is 0 Å². The molecule has 0 radical (unpaired) electrons. The minimum atomic E-state index is -0.443. The fraction of sp³-hybridized carbons (Fsp3) is 0.368. The van der Waals surface area contributed by atoms with Crippen molar-refractivity contribution in [3.05, 3.63) is 54.4 Å². The highest BCUT2D eigenvalue weighted by Gasteiger charge is 2.27. The summed E-state index contributed by atoms with van der Waals surface area (Å²) in [5, 5.41) is 2.68. The normalized spacial score (nSPS) is 16.8. The second-order valence-electron chi connectivity index (χ2n) is 6.20. The molecule has 1 saturated heterocycles. The largest absolute Gasteiger partial charge is 0.460 e. The molecule has 1 aliphatic heterocycles. The Morgan fingerprint density at radius 2 is 1.92 bits per heavy atom. The van der Waals surface area contributed by atoms with Crippen molar-refractivity contribution in [2.75, 3.05) is 24.5 Å².